The Balaban J connectivity index is 4.13. The van der Waals surface area contributed by atoms with Crippen LogP contribution in [0.25, 0.3) is 0 Å². The Morgan fingerprint density at radius 1 is 1.42 bits per heavy atom. The van der Waals surface area contributed by atoms with Gasteiger partial charge in [0.15, 0.2) is 0 Å². The number of esters is 1. The molecule has 0 aliphatic rings. The van der Waals surface area contributed by atoms with Gasteiger partial charge in [0.05, 0.1) is 13.2 Å². The molecule has 0 heterocycles. The van der Waals surface area contributed by atoms with Gasteiger partial charge in [-0.1, -0.05) is 13.8 Å². The summed E-state index contributed by atoms with van der Waals surface area (Å²) in [7, 11) is 1.31. The van der Waals surface area contributed by atoms with Crippen LogP contribution in [0.4, 0.5) is 0 Å². The van der Waals surface area contributed by atoms with Crippen LogP contribution in [-0.4, -0.2) is 36.4 Å². The number of methoxy groups -OCH3 is 1. The quantitative estimate of drug-likeness (QED) is 0.586. The molecule has 0 saturated carbocycles. The van der Waals surface area contributed by atoms with Crippen molar-refractivity contribution in [2.75, 3.05) is 7.11 Å². The molecule has 12 heavy (non-hydrogen) atoms. The first-order valence-electron chi connectivity index (χ1n) is 4.01. The molecule has 4 nitrogen and oxygen atoms in total. The van der Waals surface area contributed by atoms with Crippen LogP contribution >= 0.6 is 0 Å². The van der Waals surface area contributed by atoms with Crippen molar-refractivity contribution >= 4 is 5.97 Å². The summed E-state index contributed by atoms with van der Waals surface area (Å²) in [6, 6.07) is -0.487. The van der Waals surface area contributed by atoms with Gasteiger partial charge in [-0.15, -0.1) is 0 Å². The average Bonchev–Trinajstić information content (AvgIpc) is 1.98. The third-order valence-corrected chi connectivity index (χ3v) is 1.45. The van der Waals surface area contributed by atoms with E-state index >= 15 is 0 Å². The standard InChI is InChI=1S/C8H17NO3/c1-5(2)9-7(6(3)10)8(11)12-4/h5-7,9-10H,1-4H3/t6-,7-/m0/s1. The molecule has 72 valence electrons. The Kier molecular flexibility index (Phi) is 4.85. The van der Waals surface area contributed by atoms with Gasteiger partial charge in [0, 0.05) is 6.04 Å². The summed E-state index contributed by atoms with van der Waals surface area (Å²) < 4.78 is 4.51. The zero-order valence-electron chi connectivity index (χ0n) is 8.00. The van der Waals surface area contributed by atoms with Crippen molar-refractivity contribution in [1.29, 1.82) is 0 Å². The lowest BCUT2D eigenvalue weighted by atomic mass is 10.1. The lowest BCUT2D eigenvalue weighted by Gasteiger charge is -2.21. The normalized spacial score (nSPS) is 15.8. The summed E-state index contributed by atoms with van der Waals surface area (Å²) in [5, 5.41) is 12.1. The van der Waals surface area contributed by atoms with Crippen LogP contribution < -0.4 is 5.32 Å². The fourth-order valence-corrected chi connectivity index (χ4v) is 0.890. The van der Waals surface area contributed by atoms with Gasteiger partial charge in [0.25, 0.3) is 0 Å². The Bertz CT molecular complexity index is 145. The van der Waals surface area contributed by atoms with Crippen molar-refractivity contribution in [2.45, 2.75) is 39.0 Å². The van der Waals surface area contributed by atoms with Gasteiger partial charge in [-0.3, -0.25) is 4.79 Å². The number of aliphatic hydroxyl groups is 1. The third-order valence-electron chi connectivity index (χ3n) is 1.45. The molecule has 0 saturated heterocycles. The van der Waals surface area contributed by atoms with Crippen LogP contribution in [0.1, 0.15) is 20.8 Å². The summed E-state index contributed by atoms with van der Waals surface area (Å²) in [4.78, 5) is 11.0. The summed E-state index contributed by atoms with van der Waals surface area (Å²) in [6.45, 7) is 5.35. The summed E-state index contributed by atoms with van der Waals surface area (Å²) in [5.74, 6) is -0.432. The molecule has 0 amide bonds. The number of carbonyl (C=O) groups excluding carboxylic acids is 1. The van der Waals surface area contributed by atoms with Crippen molar-refractivity contribution in [3.05, 3.63) is 0 Å². The van der Waals surface area contributed by atoms with Crippen molar-refractivity contribution < 1.29 is 14.6 Å². The minimum absolute atomic E-state index is 0.142. The maximum atomic E-state index is 11.0. The number of aliphatic hydroxyl groups excluding tert-OH is 1. The van der Waals surface area contributed by atoms with Gasteiger partial charge >= 0.3 is 5.97 Å². The van der Waals surface area contributed by atoms with Gasteiger partial charge in [-0.05, 0) is 6.92 Å². The minimum atomic E-state index is -0.736. The Hall–Kier alpha value is -0.610. The van der Waals surface area contributed by atoms with E-state index in [1.54, 1.807) is 6.92 Å². The van der Waals surface area contributed by atoms with Crippen molar-refractivity contribution in [1.82, 2.24) is 5.32 Å². The molecular formula is C8H17NO3. The largest absolute Gasteiger partial charge is 0.468 e. The molecule has 0 aliphatic heterocycles. The van der Waals surface area contributed by atoms with Gasteiger partial charge in [0.1, 0.15) is 6.04 Å². The first-order valence-corrected chi connectivity index (χ1v) is 4.01. The first-order chi connectivity index (χ1) is 5.49. The molecule has 0 aromatic rings. The number of hydrogen-bond acceptors (Lipinski definition) is 4. The van der Waals surface area contributed by atoms with E-state index in [0.29, 0.717) is 0 Å². The predicted octanol–water partition coefficient (Wildman–Crippen LogP) is -0.0932. The smallest absolute Gasteiger partial charge is 0.325 e. The average molecular weight is 175 g/mol. The Labute approximate surface area is 72.9 Å². The van der Waals surface area contributed by atoms with E-state index in [0.717, 1.165) is 0 Å². The van der Waals surface area contributed by atoms with Crippen molar-refractivity contribution in [3.63, 3.8) is 0 Å². The number of hydrogen-bond donors (Lipinski definition) is 2. The topological polar surface area (TPSA) is 58.6 Å². The van der Waals surface area contributed by atoms with E-state index in [1.807, 2.05) is 13.8 Å². The molecule has 0 bridgehead atoms. The van der Waals surface area contributed by atoms with Crippen LogP contribution in [-0.2, 0) is 9.53 Å². The van der Waals surface area contributed by atoms with Gasteiger partial charge in [-0.25, -0.2) is 0 Å². The molecule has 2 atom stereocenters. The summed E-state index contributed by atoms with van der Waals surface area (Å²) in [6.07, 6.45) is -0.736. The van der Waals surface area contributed by atoms with E-state index in [-0.39, 0.29) is 6.04 Å². The van der Waals surface area contributed by atoms with Crippen LogP contribution in [0.2, 0.25) is 0 Å². The zero-order chi connectivity index (χ0) is 9.72. The highest BCUT2D eigenvalue weighted by Gasteiger charge is 2.24. The van der Waals surface area contributed by atoms with E-state index < -0.39 is 18.1 Å². The second-order valence-corrected chi connectivity index (χ2v) is 3.06. The van der Waals surface area contributed by atoms with Crippen molar-refractivity contribution in [3.8, 4) is 0 Å². The highest BCUT2D eigenvalue weighted by molar-refractivity contribution is 5.76. The molecule has 0 aliphatic carbocycles. The van der Waals surface area contributed by atoms with Crippen LogP contribution in [0.15, 0.2) is 0 Å². The van der Waals surface area contributed by atoms with Gasteiger partial charge < -0.3 is 15.2 Å². The maximum Gasteiger partial charge on any atom is 0.325 e. The van der Waals surface area contributed by atoms with E-state index in [4.69, 9.17) is 0 Å². The van der Waals surface area contributed by atoms with E-state index in [9.17, 15) is 9.90 Å². The zero-order valence-corrected chi connectivity index (χ0v) is 8.00. The van der Waals surface area contributed by atoms with Gasteiger partial charge in [0.2, 0.25) is 0 Å². The SMILES string of the molecule is COC(=O)[C@@H](NC(C)C)[C@H](C)O. The lowest BCUT2D eigenvalue weighted by Crippen LogP contribution is -2.48. The molecule has 0 fully saturated rings. The highest BCUT2D eigenvalue weighted by atomic mass is 16.5. The molecule has 0 radical (unpaired) electrons. The van der Waals surface area contributed by atoms with Crippen LogP contribution in [0.3, 0.4) is 0 Å². The molecule has 4 heteroatoms. The van der Waals surface area contributed by atoms with Crippen LogP contribution in [0, 0.1) is 0 Å². The van der Waals surface area contributed by atoms with Crippen molar-refractivity contribution in [2.24, 2.45) is 0 Å². The second-order valence-electron chi connectivity index (χ2n) is 3.06. The predicted molar refractivity (Wildman–Crippen MR) is 45.8 cm³/mol. The van der Waals surface area contributed by atoms with E-state index in [2.05, 4.69) is 10.1 Å². The fraction of sp³-hybridized carbons (Fsp3) is 0.875. The molecule has 2 N–H and O–H groups in total. The molecule has 0 unspecified atom stereocenters. The summed E-state index contributed by atoms with van der Waals surface area (Å²) >= 11 is 0. The Morgan fingerprint density at radius 2 is 1.92 bits per heavy atom. The van der Waals surface area contributed by atoms with E-state index in [1.165, 1.54) is 7.11 Å². The fourth-order valence-electron chi connectivity index (χ4n) is 0.890. The first kappa shape index (κ1) is 11.4. The monoisotopic (exact) mass is 175 g/mol. The lowest BCUT2D eigenvalue weighted by molar-refractivity contribution is -0.146. The molecule has 0 rings (SSSR count). The number of ether oxygens (including phenoxy) is 1. The third kappa shape index (κ3) is 3.69. The second kappa shape index (κ2) is 5.11. The highest BCUT2D eigenvalue weighted by Crippen LogP contribution is 1.97. The Morgan fingerprint density at radius 3 is 2.17 bits per heavy atom. The number of nitrogens with one attached hydrogen (secondary N) is 1. The minimum Gasteiger partial charge on any atom is -0.468 e. The molecular weight excluding hydrogens is 158 g/mol. The molecule has 0 aromatic heterocycles. The van der Waals surface area contributed by atoms with Gasteiger partial charge in [-0.2, -0.15) is 0 Å². The molecule has 0 aromatic carbocycles. The molecule has 0 spiro atoms. The number of carbonyl (C=O) groups is 1. The summed E-state index contributed by atoms with van der Waals surface area (Å²) in [5.41, 5.74) is 0. The van der Waals surface area contributed by atoms with Crippen LogP contribution in [0.5, 0.6) is 0 Å². The maximum absolute atomic E-state index is 11.0. The number of rotatable bonds is 4.